The molecule has 3 aromatic heterocycles. The monoisotopic (exact) mass is 352 g/mol. The first kappa shape index (κ1) is 16.7. The fourth-order valence-electron chi connectivity index (χ4n) is 3.38. The number of hydrogen-bond acceptors (Lipinski definition) is 5. The van der Waals surface area contributed by atoms with Crippen LogP contribution in [0.5, 0.6) is 0 Å². The number of nitrogens with one attached hydrogen (secondary N) is 2. The molecule has 1 unspecified atom stereocenters. The molecule has 1 fully saturated rings. The van der Waals surface area contributed by atoms with Gasteiger partial charge in [-0.3, -0.25) is 9.78 Å². The average molecular weight is 352 g/mol. The summed E-state index contributed by atoms with van der Waals surface area (Å²) in [4.78, 5) is 23.5. The highest BCUT2D eigenvalue weighted by Gasteiger charge is 2.37. The zero-order chi connectivity index (χ0) is 18.1. The Hall–Kier alpha value is -2.77. The fraction of sp³-hybridized carbons (Fsp3) is 0.316. The molecule has 1 aliphatic heterocycles. The number of hydrogen-bond donors (Lipinski definition) is 3. The molecular weight excluding hydrogens is 332 g/mol. The Morgan fingerprint density at radius 1 is 1.46 bits per heavy atom. The number of H-pyrrole nitrogens is 1. The third kappa shape index (κ3) is 2.85. The van der Waals surface area contributed by atoms with Gasteiger partial charge in [-0.15, -0.1) is 0 Å². The summed E-state index contributed by atoms with van der Waals surface area (Å²) in [6.07, 6.45) is 4.32. The highest BCUT2D eigenvalue weighted by Crippen LogP contribution is 2.34. The average Bonchev–Trinajstić information content (AvgIpc) is 3.29. The van der Waals surface area contributed by atoms with Crippen LogP contribution in [-0.4, -0.2) is 45.8 Å². The SMILES string of the molecule is CC(=O)Nc1cc2c(-c3cccc(C4(CO)CCOC4)n3)c[nH]c2cn1. The van der Waals surface area contributed by atoms with E-state index in [1.54, 1.807) is 6.20 Å². The van der Waals surface area contributed by atoms with Crippen molar-refractivity contribution in [2.75, 3.05) is 25.1 Å². The Kier molecular flexibility index (Phi) is 4.18. The minimum absolute atomic E-state index is 0.00787. The van der Waals surface area contributed by atoms with E-state index < -0.39 is 5.41 Å². The lowest BCUT2D eigenvalue weighted by Gasteiger charge is -2.24. The molecule has 7 nitrogen and oxygen atoms in total. The lowest BCUT2D eigenvalue weighted by atomic mass is 9.84. The van der Waals surface area contributed by atoms with Gasteiger partial charge in [-0.05, 0) is 24.6 Å². The Balaban J connectivity index is 1.78. The van der Waals surface area contributed by atoms with Gasteiger partial charge in [0.05, 0.1) is 41.7 Å². The van der Waals surface area contributed by atoms with Gasteiger partial charge < -0.3 is 20.1 Å². The van der Waals surface area contributed by atoms with Crippen molar-refractivity contribution in [2.45, 2.75) is 18.8 Å². The van der Waals surface area contributed by atoms with Crippen molar-refractivity contribution in [2.24, 2.45) is 0 Å². The molecular formula is C19H20N4O3. The molecule has 0 bridgehead atoms. The Morgan fingerprint density at radius 2 is 2.35 bits per heavy atom. The summed E-state index contributed by atoms with van der Waals surface area (Å²) >= 11 is 0. The van der Waals surface area contributed by atoms with Gasteiger partial charge in [0.2, 0.25) is 5.91 Å². The summed E-state index contributed by atoms with van der Waals surface area (Å²) < 4.78 is 5.50. The minimum atomic E-state index is -0.439. The van der Waals surface area contributed by atoms with E-state index in [0.717, 1.165) is 34.3 Å². The van der Waals surface area contributed by atoms with Crippen molar-refractivity contribution in [3.63, 3.8) is 0 Å². The van der Waals surface area contributed by atoms with Crippen LogP contribution in [0, 0.1) is 0 Å². The highest BCUT2D eigenvalue weighted by molar-refractivity contribution is 5.97. The van der Waals surface area contributed by atoms with Gasteiger partial charge in [-0.1, -0.05) is 6.07 Å². The number of carbonyl (C=O) groups is 1. The number of carbonyl (C=O) groups excluding carboxylic acids is 1. The van der Waals surface area contributed by atoms with E-state index in [1.165, 1.54) is 6.92 Å². The number of aromatic amines is 1. The van der Waals surface area contributed by atoms with E-state index in [-0.39, 0.29) is 12.5 Å². The van der Waals surface area contributed by atoms with Crippen LogP contribution in [0.3, 0.4) is 0 Å². The van der Waals surface area contributed by atoms with Crippen LogP contribution in [0.2, 0.25) is 0 Å². The second-order valence-corrected chi connectivity index (χ2v) is 6.65. The number of aliphatic hydroxyl groups is 1. The first-order chi connectivity index (χ1) is 12.6. The number of pyridine rings is 2. The van der Waals surface area contributed by atoms with E-state index in [9.17, 15) is 9.90 Å². The summed E-state index contributed by atoms with van der Waals surface area (Å²) in [5.74, 6) is 0.332. The van der Waals surface area contributed by atoms with Crippen LogP contribution in [-0.2, 0) is 14.9 Å². The van der Waals surface area contributed by atoms with Crippen molar-refractivity contribution in [1.29, 1.82) is 0 Å². The van der Waals surface area contributed by atoms with Crippen LogP contribution in [0.1, 0.15) is 19.0 Å². The fourth-order valence-corrected chi connectivity index (χ4v) is 3.38. The Bertz CT molecular complexity index is 960. The summed E-state index contributed by atoms with van der Waals surface area (Å²) in [5.41, 5.74) is 2.98. The summed E-state index contributed by atoms with van der Waals surface area (Å²) in [5, 5.41) is 13.5. The number of rotatable bonds is 4. The minimum Gasteiger partial charge on any atom is -0.395 e. The normalized spacial score (nSPS) is 19.8. The quantitative estimate of drug-likeness (QED) is 0.669. The molecule has 0 saturated carbocycles. The van der Waals surface area contributed by atoms with E-state index in [1.807, 2.05) is 30.5 Å². The lowest BCUT2D eigenvalue weighted by molar-refractivity contribution is -0.114. The molecule has 1 atom stereocenters. The molecule has 26 heavy (non-hydrogen) atoms. The predicted octanol–water partition coefficient (Wildman–Crippen LogP) is 2.23. The summed E-state index contributed by atoms with van der Waals surface area (Å²) in [6.45, 7) is 2.57. The van der Waals surface area contributed by atoms with Crippen LogP contribution in [0.25, 0.3) is 22.2 Å². The van der Waals surface area contributed by atoms with E-state index in [0.29, 0.717) is 19.0 Å². The molecule has 134 valence electrons. The molecule has 1 saturated heterocycles. The molecule has 0 aromatic carbocycles. The number of aliphatic hydroxyl groups excluding tert-OH is 1. The molecule has 0 radical (unpaired) electrons. The van der Waals surface area contributed by atoms with Gasteiger partial charge in [0.25, 0.3) is 0 Å². The van der Waals surface area contributed by atoms with E-state index >= 15 is 0 Å². The molecule has 4 rings (SSSR count). The molecule has 4 heterocycles. The third-order valence-corrected chi connectivity index (χ3v) is 4.84. The van der Waals surface area contributed by atoms with E-state index in [4.69, 9.17) is 9.72 Å². The number of ether oxygens (including phenoxy) is 1. The second kappa shape index (κ2) is 6.51. The maximum absolute atomic E-state index is 11.3. The maximum atomic E-state index is 11.3. The van der Waals surface area contributed by atoms with Crippen molar-refractivity contribution < 1.29 is 14.6 Å². The van der Waals surface area contributed by atoms with Crippen LogP contribution >= 0.6 is 0 Å². The Morgan fingerprint density at radius 3 is 3.08 bits per heavy atom. The molecule has 3 aromatic rings. The molecule has 3 N–H and O–H groups in total. The predicted molar refractivity (Wildman–Crippen MR) is 97.8 cm³/mol. The Labute approximate surface area is 150 Å². The van der Waals surface area contributed by atoms with Crippen LogP contribution in [0.15, 0.2) is 36.7 Å². The van der Waals surface area contributed by atoms with Crippen LogP contribution < -0.4 is 5.32 Å². The molecule has 0 aliphatic carbocycles. The van der Waals surface area contributed by atoms with Crippen molar-refractivity contribution >= 4 is 22.6 Å². The van der Waals surface area contributed by atoms with Crippen molar-refractivity contribution in [3.05, 3.63) is 42.4 Å². The molecule has 7 heteroatoms. The standard InChI is InChI=1S/C19H20N4O3/c1-12(25)22-18-7-13-14(8-20-16(13)9-21-18)15-3-2-4-17(23-15)19(10-24)5-6-26-11-19/h2-4,7-9,20,24H,5-6,10-11H2,1H3,(H,21,22,25). The maximum Gasteiger partial charge on any atom is 0.222 e. The zero-order valence-electron chi connectivity index (χ0n) is 14.5. The topological polar surface area (TPSA) is 100 Å². The van der Waals surface area contributed by atoms with Crippen molar-refractivity contribution in [1.82, 2.24) is 15.0 Å². The molecule has 0 spiro atoms. The largest absolute Gasteiger partial charge is 0.395 e. The number of amides is 1. The van der Waals surface area contributed by atoms with Gasteiger partial charge in [-0.25, -0.2) is 4.98 Å². The van der Waals surface area contributed by atoms with Crippen molar-refractivity contribution in [3.8, 4) is 11.3 Å². The van der Waals surface area contributed by atoms with Gasteiger partial charge >= 0.3 is 0 Å². The number of aromatic nitrogens is 3. The van der Waals surface area contributed by atoms with Gasteiger partial charge in [0.1, 0.15) is 5.82 Å². The molecule has 1 amide bonds. The first-order valence-electron chi connectivity index (χ1n) is 8.52. The second-order valence-electron chi connectivity index (χ2n) is 6.65. The number of anilines is 1. The van der Waals surface area contributed by atoms with Gasteiger partial charge in [0.15, 0.2) is 0 Å². The zero-order valence-corrected chi connectivity index (χ0v) is 14.5. The number of fused-ring (bicyclic) bond motifs is 1. The van der Waals surface area contributed by atoms with Crippen LogP contribution in [0.4, 0.5) is 5.82 Å². The highest BCUT2D eigenvalue weighted by atomic mass is 16.5. The number of nitrogens with zero attached hydrogens (tertiary/aromatic N) is 2. The van der Waals surface area contributed by atoms with Gasteiger partial charge in [0, 0.05) is 30.7 Å². The van der Waals surface area contributed by atoms with E-state index in [2.05, 4.69) is 15.3 Å². The third-order valence-electron chi connectivity index (χ3n) is 4.84. The lowest BCUT2D eigenvalue weighted by Crippen LogP contribution is -2.32. The summed E-state index contributed by atoms with van der Waals surface area (Å²) in [6, 6.07) is 7.65. The van der Waals surface area contributed by atoms with Gasteiger partial charge in [-0.2, -0.15) is 0 Å². The molecule has 1 aliphatic rings. The summed E-state index contributed by atoms with van der Waals surface area (Å²) in [7, 11) is 0. The smallest absolute Gasteiger partial charge is 0.222 e. The first-order valence-corrected chi connectivity index (χ1v) is 8.52.